The van der Waals surface area contributed by atoms with Gasteiger partial charge < -0.3 is 4.74 Å². The Bertz CT molecular complexity index is 882. The van der Waals surface area contributed by atoms with E-state index < -0.39 is 33.4 Å². The molecule has 0 saturated heterocycles. The summed E-state index contributed by atoms with van der Waals surface area (Å²) in [6.07, 6.45) is -0.519. The number of aryl methyl sites for hydroxylation is 1. The molecule has 0 radical (unpaired) electrons. The van der Waals surface area contributed by atoms with Gasteiger partial charge in [-0.1, -0.05) is 26.0 Å². The third kappa shape index (κ3) is 8.33. The maximum atomic E-state index is 12.7. The van der Waals surface area contributed by atoms with Crippen LogP contribution in [0.5, 0.6) is 0 Å². The summed E-state index contributed by atoms with van der Waals surface area (Å²) in [5.74, 6) is -1.57. The maximum Gasteiger partial charge on any atom is 0.728 e. The van der Waals surface area contributed by atoms with E-state index in [1.54, 1.807) is 39.0 Å². The number of nitrogens with two attached hydrogens (primary N) is 1. The molecule has 1 rings (SSSR count). The standard InChI is InChI=1S/C19H27N3O4S/c1-13(2)10-15(12-21-18(24)26-19(4,5)6)17(23)22-27(20,25)16-9-7-8-14(3)11-16/h7-9,11,13,15H,10H2,1-6H3,(H-,20,22,23,25)/p+1. The summed E-state index contributed by atoms with van der Waals surface area (Å²) in [4.78, 5) is 28.1. The fourth-order valence-electron chi connectivity index (χ4n) is 2.14. The molecule has 1 aromatic rings. The van der Waals surface area contributed by atoms with E-state index in [-0.39, 0.29) is 10.8 Å². The van der Waals surface area contributed by atoms with Crippen LogP contribution in [0.3, 0.4) is 0 Å². The van der Waals surface area contributed by atoms with Crippen LogP contribution >= 0.6 is 0 Å². The van der Waals surface area contributed by atoms with E-state index in [2.05, 4.69) is 15.3 Å². The Balaban J connectivity index is 3.15. The summed E-state index contributed by atoms with van der Waals surface area (Å²) >= 11 is 0. The van der Waals surface area contributed by atoms with Crippen molar-refractivity contribution in [1.82, 2.24) is 0 Å². The van der Waals surface area contributed by atoms with Crippen molar-refractivity contribution in [1.29, 1.82) is 0 Å². The predicted molar refractivity (Wildman–Crippen MR) is 106 cm³/mol. The summed E-state index contributed by atoms with van der Waals surface area (Å²) in [6, 6.07) is 9.18. The second kappa shape index (κ2) is 9.11. The fraction of sp³-hybridized carbons (Fsp3) is 0.526. The first kappa shape index (κ1) is 22.8. The monoisotopic (exact) mass is 394 g/mol. The number of carbonyl (C=O) groups is 2. The zero-order valence-corrected chi connectivity index (χ0v) is 17.5. The summed E-state index contributed by atoms with van der Waals surface area (Å²) in [7, 11) is -3.40. The topological polar surface area (TPSA) is 103 Å². The van der Waals surface area contributed by atoms with E-state index >= 15 is 0 Å². The van der Waals surface area contributed by atoms with Crippen molar-refractivity contribution in [2.45, 2.75) is 58.5 Å². The van der Waals surface area contributed by atoms with E-state index in [1.807, 2.05) is 26.8 Å². The molecule has 1 aromatic carbocycles. The van der Waals surface area contributed by atoms with Crippen molar-refractivity contribution >= 4 is 21.9 Å². The lowest BCUT2D eigenvalue weighted by Gasteiger charge is -2.12. The molecule has 27 heavy (non-hydrogen) atoms. The van der Waals surface area contributed by atoms with Gasteiger partial charge in [0.1, 0.15) is 15.5 Å². The maximum absolute atomic E-state index is 12.7. The predicted octanol–water partition coefficient (Wildman–Crippen LogP) is 4.15. The molecule has 8 heteroatoms. The van der Waals surface area contributed by atoms with Gasteiger partial charge in [-0.15, -0.1) is 4.36 Å². The van der Waals surface area contributed by atoms with Crippen LogP contribution in [0.2, 0.25) is 0 Å². The number of hydrogen-bond acceptors (Lipinski definition) is 4. The average Bonchev–Trinajstić information content (AvgIpc) is 2.48. The number of ether oxygens (including phenoxy) is 1. The van der Waals surface area contributed by atoms with Gasteiger partial charge >= 0.3 is 12.2 Å². The molecular weight excluding hydrogens is 366 g/mol. The van der Waals surface area contributed by atoms with Crippen molar-refractivity contribution in [2.24, 2.45) is 21.3 Å². The van der Waals surface area contributed by atoms with Gasteiger partial charge in [-0.3, -0.25) is 4.79 Å². The normalized spacial score (nSPS) is 14.5. The zero-order valence-electron chi connectivity index (χ0n) is 16.7. The summed E-state index contributed by atoms with van der Waals surface area (Å²) in [5, 5.41) is 5.81. The van der Waals surface area contributed by atoms with E-state index in [0.717, 1.165) is 5.56 Å². The van der Waals surface area contributed by atoms with Crippen LogP contribution in [0, 0.1) is 24.8 Å². The Morgan fingerprint density at radius 1 is 1.33 bits per heavy atom. The van der Waals surface area contributed by atoms with Crippen LogP contribution < -0.4 is 5.14 Å². The molecule has 0 bridgehead atoms. The number of carbonyl (C=O) groups excluding carboxylic acids is 2. The Kier molecular flexibility index (Phi) is 7.69. The van der Waals surface area contributed by atoms with E-state index in [1.165, 1.54) is 0 Å². The molecule has 7 nitrogen and oxygen atoms in total. The molecule has 0 aliphatic heterocycles. The minimum absolute atomic E-state index is 0.100. The van der Waals surface area contributed by atoms with Crippen molar-refractivity contribution < 1.29 is 18.5 Å². The Labute approximate surface area is 161 Å². The molecule has 0 heterocycles. The molecule has 0 aliphatic carbocycles. The van der Waals surface area contributed by atoms with Gasteiger partial charge in [-0.25, -0.2) is 9.35 Å². The lowest BCUT2D eigenvalue weighted by molar-refractivity contribution is -0.120. The highest BCUT2D eigenvalue weighted by atomic mass is 32.2. The largest absolute Gasteiger partial charge is 0.728 e. The fourth-order valence-corrected chi connectivity index (χ4v) is 3.27. The summed E-state index contributed by atoms with van der Waals surface area (Å²) in [5.41, 5.74) is 0.145. The van der Waals surface area contributed by atoms with Crippen LogP contribution in [0.1, 0.15) is 46.6 Å². The van der Waals surface area contributed by atoms with E-state index in [0.29, 0.717) is 6.42 Å². The van der Waals surface area contributed by atoms with Crippen molar-refractivity contribution in [3.05, 3.63) is 34.7 Å². The number of benzene rings is 1. The summed E-state index contributed by atoms with van der Waals surface area (Å²) in [6.45, 7) is 10.7. The second-order valence-electron chi connectivity index (χ2n) is 7.72. The first-order valence-corrected chi connectivity index (χ1v) is 10.2. The Morgan fingerprint density at radius 2 is 1.96 bits per heavy atom. The van der Waals surface area contributed by atoms with Crippen molar-refractivity contribution in [2.75, 3.05) is 0 Å². The average molecular weight is 395 g/mol. The molecule has 0 saturated carbocycles. The zero-order chi connectivity index (χ0) is 20.8. The van der Waals surface area contributed by atoms with Crippen LogP contribution in [-0.4, -0.2) is 21.8 Å². The van der Waals surface area contributed by atoms with Gasteiger partial charge in [-0.05, 0) is 57.7 Å². The molecule has 0 spiro atoms. The first-order chi connectivity index (χ1) is 12.3. The Hall–Kier alpha value is -2.24. The quantitative estimate of drug-likeness (QED) is 0.828. The molecule has 0 aliphatic rings. The Morgan fingerprint density at radius 3 is 2.48 bits per heavy atom. The van der Waals surface area contributed by atoms with Crippen LogP contribution in [0.25, 0.3) is 4.85 Å². The highest BCUT2D eigenvalue weighted by molar-refractivity contribution is 7.91. The molecule has 2 N–H and O–H groups in total. The first-order valence-electron chi connectivity index (χ1n) is 8.65. The number of amides is 2. The molecule has 2 unspecified atom stereocenters. The van der Waals surface area contributed by atoms with Gasteiger partial charge in [0.05, 0.1) is 9.74 Å². The molecule has 148 valence electrons. The third-order valence-electron chi connectivity index (χ3n) is 3.26. The van der Waals surface area contributed by atoms with Gasteiger partial charge in [0, 0.05) is 0 Å². The number of nitrogens with zero attached hydrogens (tertiary/aromatic N) is 2. The van der Waals surface area contributed by atoms with Gasteiger partial charge in [0.15, 0.2) is 5.92 Å². The number of hydrogen-bond donors (Lipinski definition) is 1. The van der Waals surface area contributed by atoms with Gasteiger partial charge in [-0.2, -0.15) is 4.79 Å². The lowest BCUT2D eigenvalue weighted by Crippen LogP contribution is -2.22. The minimum Gasteiger partial charge on any atom is -0.392 e. The molecule has 0 fully saturated rings. The van der Waals surface area contributed by atoms with Crippen LogP contribution in [-0.2, 0) is 19.4 Å². The SMILES string of the molecule is Cc1cccc(S(N)(=O)=NC(=O)C(C#[N+]C(=O)OC(C)(C)C)CC(C)C)c1. The highest BCUT2D eigenvalue weighted by Crippen LogP contribution is 2.17. The smallest absolute Gasteiger partial charge is 0.392 e. The second-order valence-corrected chi connectivity index (χ2v) is 9.51. The van der Waals surface area contributed by atoms with Gasteiger partial charge in [0.2, 0.25) is 0 Å². The van der Waals surface area contributed by atoms with E-state index in [9.17, 15) is 13.8 Å². The summed E-state index contributed by atoms with van der Waals surface area (Å²) < 4.78 is 21.5. The molecular formula is C19H28N3O4S+. The van der Waals surface area contributed by atoms with Gasteiger partial charge in [0.25, 0.3) is 5.91 Å². The minimum atomic E-state index is -3.40. The van der Waals surface area contributed by atoms with Crippen LogP contribution in [0.15, 0.2) is 33.5 Å². The molecule has 0 aromatic heterocycles. The molecule has 2 atom stereocenters. The van der Waals surface area contributed by atoms with Crippen LogP contribution in [0.4, 0.5) is 4.79 Å². The number of rotatable bonds is 4. The third-order valence-corrected chi connectivity index (χ3v) is 4.64. The van der Waals surface area contributed by atoms with Crippen molar-refractivity contribution in [3.8, 4) is 6.07 Å². The van der Waals surface area contributed by atoms with Crippen molar-refractivity contribution in [3.63, 3.8) is 0 Å². The highest BCUT2D eigenvalue weighted by Gasteiger charge is 2.28. The van der Waals surface area contributed by atoms with E-state index in [4.69, 9.17) is 9.88 Å². The lowest BCUT2D eigenvalue weighted by atomic mass is 9.98. The molecule has 2 amide bonds.